The topological polar surface area (TPSA) is 34.1 Å². The molecule has 0 radical (unpaired) electrons. The Balaban J connectivity index is 1.93. The van der Waals surface area contributed by atoms with Crippen molar-refractivity contribution in [3.05, 3.63) is 44.8 Å². The lowest BCUT2D eigenvalue weighted by molar-refractivity contribution is 0.305. The van der Waals surface area contributed by atoms with Crippen molar-refractivity contribution in [1.82, 2.24) is 10.3 Å². The Hall–Kier alpha value is -0.910. The summed E-state index contributed by atoms with van der Waals surface area (Å²) in [5.74, 6) is 0.852. The van der Waals surface area contributed by atoms with Gasteiger partial charge in [-0.1, -0.05) is 22.0 Å². The Bertz CT molecular complexity index is 487. The smallest absolute Gasteiger partial charge is 0.140 e. The van der Waals surface area contributed by atoms with Crippen molar-refractivity contribution in [2.24, 2.45) is 0 Å². The minimum absolute atomic E-state index is 0.519. The fourth-order valence-electron chi connectivity index (χ4n) is 1.38. The zero-order valence-corrected chi connectivity index (χ0v) is 11.8. The molecule has 0 atom stereocenters. The van der Waals surface area contributed by atoms with Gasteiger partial charge in [-0.25, -0.2) is 4.98 Å². The van der Waals surface area contributed by atoms with Crippen molar-refractivity contribution in [2.45, 2.75) is 13.2 Å². The average Bonchev–Trinajstić information content (AvgIpc) is 2.75. The van der Waals surface area contributed by atoms with E-state index in [0.717, 1.165) is 27.5 Å². The van der Waals surface area contributed by atoms with E-state index in [1.54, 1.807) is 11.3 Å². The lowest BCUT2D eigenvalue weighted by atomic mass is 10.3. The second-order valence-corrected chi connectivity index (χ2v) is 5.37. The molecule has 5 heteroatoms. The molecule has 3 nitrogen and oxygen atoms in total. The van der Waals surface area contributed by atoms with E-state index in [2.05, 4.69) is 31.6 Å². The lowest BCUT2D eigenvalue weighted by Crippen LogP contribution is -2.05. The fraction of sp³-hybridized carbons (Fsp3) is 0.250. The summed E-state index contributed by atoms with van der Waals surface area (Å²) in [6, 6.07) is 7.81. The van der Waals surface area contributed by atoms with Gasteiger partial charge < -0.3 is 10.1 Å². The van der Waals surface area contributed by atoms with Gasteiger partial charge >= 0.3 is 0 Å². The normalized spacial score (nSPS) is 10.5. The predicted molar refractivity (Wildman–Crippen MR) is 73.4 cm³/mol. The van der Waals surface area contributed by atoms with Crippen molar-refractivity contribution in [3.8, 4) is 5.75 Å². The number of hydrogen-bond acceptors (Lipinski definition) is 4. The molecule has 0 fully saturated rings. The van der Waals surface area contributed by atoms with Gasteiger partial charge in [0.25, 0.3) is 0 Å². The molecule has 0 unspecified atom stereocenters. The van der Waals surface area contributed by atoms with Crippen LogP contribution in [0.25, 0.3) is 0 Å². The Morgan fingerprint density at radius 1 is 1.47 bits per heavy atom. The summed E-state index contributed by atoms with van der Waals surface area (Å²) in [6.45, 7) is 1.32. The first-order chi connectivity index (χ1) is 8.28. The number of nitrogens with zero attached hydrogens (tertiary/aromatic N) is 1. The summed E-state index contributed by atoms with van der Waals surface area (Å²) in [6.07, 6.45) is 0. The molecule has 0 aliphatic carbocycles. The van der Waals surface area contributed by atoms with E-state index in [-0.39, 0.29) is 0 Å². The summed E-state index contributed by atoms with van der Waals surface area (Å²) < 4.78 is 6.68. The highest BCUT2D eigenvalue weighted by atomic mass is 79.9. The average molecular weight is 313 g/mol. The molecule has 0 aliphatic heterocycles. The van der Waals surface area contributed by atoms with E-state index >= 15 is 0 Å². The summed E-state index contributed by atoms with van der Waals surface area (Å²) in [5.41, 5.74) is 1.06. The third kappa shape index (κ3) is 3.80. The van der Waals surface area contributed by atoms with Crippen LogP contribution >= 0.6 is 27.3 Å². The van der Waals surface area contributed by atoms with Gasteiger partial charge in [0.1, 0.15) is 17.4 Å². The SMILES string of the molecule is CNCc1csc(COc2cccc(Br)c2)n1. The summed E-state index contributed by atoms with van der Waals surface area (Å²) >= 11 is 5.04. The van der Waals surface area contributed by atoms with E-state index < -0.39 is 0 Å². The molecule has 1 N–H and O–H groups in total. The lowest BCUT2D eigenvalue weighted by Gasteiger charge is -2.03. The molecule has 0 amide bonds. The van der Waals surface area contributed by atoms with Gasteiger partial charge in [-0.3, -0.25) is 0 Å². The molecule has 90 valence electrons. The van der Waals surface area contributed by atoms with Crippen LogP contribution in [0.1, 0.15) is 10.7 Å². The maximum Gasteiger partial charge on any atom is 0.140 e. The minimum atomic E-state index is 0.519. The molecule has 0 saturated carbocycles. The van der Waals surface area contributed by atoms with E-state index in [0.29, 0.717) is 6.61 Å². The van der Waals surface area contributed by atoms with Crippen LogP contribution in [0.3, 0.4) is 0 Å². The first kappa shape index (κ1) is 12.5. The first-order valence-corrected chi connectivity index (χ1v) is 6.91. The zero-order chi connectivity index (χ0) is 12.1. The van der Waals surface area contributed by atoms with Gasteiger partial charge in [0, 0.05) is 16.4 Å². The van der Waals surface area contributed by atoms with Crippen LogP contribution in [-0.2, 0) is 13.2 Å². The van der Waals surface area contributed by atoms with E-state index in [4.69, 9.17) is 4.74 Å². The number of nitrogens with one attached hydrogen (secondary N) is 1. The Kier molecular flexibility index (Phi) is 4.53. The standard InChI is InChI=1S/C12H13BrN2OS/c1-14-6-10-8-17-12(15-10)7-16-11-4-2-3-9(13)5-11/h2-5,8,14H,6-7H2,1H3. The molecule has 0 aliphatic rings. The molecule has 0 bridgehead atoms. The van der Waals surface area contributed by atoms with Crippen molar-refractivity contribution in [3.63, 3.8) is 0 Å². The zero-order valence-electron chi connectivity index (χ0n) is 9.44. The second kappa shape index (κ2) is 6.14. The van der Waals surface area contributed by atoms with Gasteiger partial charge in [-0.05, 0) is 25.2 Å². The highest BCUT2D eigenvalue weighted by Crippen LogP contribution is 2.19. The number of halogens is 1. The predicted octanol–water partition coefficient (Wildman–Crippen LogP) is 3.20. The van der Waals surface area contributed by atoms with E-state index in [1.807, 2.05) is 31.3 Å². The monoisotopic (exact) mass is 312 g/mol. The van der Waals surface area contributed by atoms with E-state index in [1.165, 1.54) is 0 Å². The van der Waals surface area contributed by atoms with Crippen molar-refractivity contribution in [2.75, 3.05) is 7.05 Å². The Labute approximate surface area is 113 Å². The van der Waals surface area contributed by atoms with Gasteiger partial charge in [-0.2, -0.15) is 0 Å². The number of rotatable bonds is 5. The molecule has 1 aromatic carbocycles. The van der Waals surface area contributed by atoms with Crippen LogP contribution in [-0.4, -0.2) is 12.0 Å². The molecule has 0 spiro atoms. The number of thiazole rings is 1. The Morgan fingerprint density at radius 2 is 2.35 bits per heavy atom. The second-order valence-electron chi connectivity index (χ2n) is 3.51. The molecular weight excluding hydrogens is 300 g/mol. The van der Waals surface area contributed by atoms with Crippen molar-refractivity contribution >= 4 is 27.3 Å². The fourth-order valence-corrected chi connectivity index (χ4v) is 2.46. The Morgan fingerprint density at radius 3 is 3.12 bits per heavy atom. The summed E-state index contributed by atoms with van der Waals surface area (Å²) in [5, 5.41) is 6.12. The van der Waals surface area contributed by atoms with Crippen LogP contribution < -0.4 is 10.1 Å². The van der Waals surface area contributed by atoms with Gasteiger partial charge in [0.2, 0.25) is 0 Å². The minimum Gasteiger partial charge on any atom is -0.486 e. The number of benzene rings is 1. The highest BCUT2D eigenvalue weighted by molar-refractivity contribution is 9.10. The first-order valence-electron chi connectivity index (χ1n) is 5.24. The van der Waals surface area contributed by atoms with Crippen LogP contribution in [0.5, 0.6) is 5.75 Å². The number of ether oxygens (including phenoxy) is 1. The summed E-state index contributed by atoms with van der Waals surface area (Å²) in [7, 11) is 1.91. The van der Waals surface area contributed by atoms with Crippen molar-refractivity contribution < 1.29 is 4.74 Å². The van der Waals surface area contributed by atoms with E-state index in [9.17, 15) is 0 Å². The van der Waals surface area contributed by atoms with Crippen LogP contribution in [0, 0.1) is 0 Å². The largest absolute Gasteiger partial charge is 0.486 e. The van der Waals surface area contributed by atoms with Crippen LogP contribution in [0.2, 0.25) is 0 Å². The quantitative estimate of drug-likeness (QED) is 0.920. The maximum absolute atomic E-state index is 5.66. The third-order valence-electron chi connectivity index (χ3n) is 2.12. The van der Waals surface area contributed by atoms with Crippen LogP contribution in [0.15, 0.2) is 34.1 Å². The van der Waals surface area contributed by atoms with Crippen LogP contribution in [0.4, 0.5) is 0 Å². The molecule has 2 rings (SSSR count). The van der Waals surface area contributed by atoms with Gasteiger partial charge in [0.15, 0.2) is 0 Å². The van der Waals surface area contributed by atoms with Gasteiger partial charge in [0.05, 0.1) is 5.69 Å². The maximum atomic E-state index is 5.66. The van der Waals surface area contributed by atoms with Crippen molar-refractivity contribution in [1.29, 1.82) is 0 Å². The number of hydrogen-bond donors (Lipinski definition) is 1. The highest BCUT2D eigenvalue weighted by Gasteiger charge is 2.02. The summed E-state index contributed by atoms with van der Waals surface area (Å²) in [4.78, 5) is 4.46. The molecule has 0 saturated heterocycles. The molecule has 17 heavy (non-hydrogen) atoms. The molecule has 1 heterocycles. The molecule has 2 aromatic rings. The number of aromatic nitrogens is 1. The third-order valence-corrected chi connectivity index (χ3v) is 3.48. The van der Waals surface area contributed by atoms with Gasteiger partial charge in [-0.15, -0.1) is 11.3 Å². The molecule has 1 aromatic heterocycles. The molecular formula is C12H13BrN2OS.